The molecule has 1 aromatic carbocycles. The lowest BCUT2D eigenvalue weighted by Crippen LogP contribution is -2.29. The van der Waals surface area contributed by atoms with Gasteiger partial charge in [0.15, 0.2) is 0 Å². The smallest absolute Gasteiger partial charge is 0.123 e. The number of benzene rings is 1. The number of aromatic nitrogens is 2. The fourth-order valence-corrected chi connectivity index (χ4v) is 5.00. The van der Waals surface area contributed by atoms with E-state index in [4.69, 9.17) is 0 Å². The average Bonchev–Trinajstić information content (AvgIpc) is 2.78. The SMILES string of the molecule is Cn1c(CNCC2CSCCS2)nc2ccccc21. The van der Waals surface area contributed by atoms with Gasteiger partial charge in [0.1, 0.15) is 5.82 Å². The first-order valence-electron chi connectivity index (χ1n) is 6.65. The number of aryl methyl sites for hydroxylation is 1. The largest absolute Gasteiger partial charge is 0.330 e. The predicted molar refractivity (Wildman–Crippen MR) is 86.0 cm³/mol. The van der Waals surface area contributed by atoms with Crippen molar-refractivity contribution in [1.82, 2.24) is 14.9 Å². The monoisotopic (exact) mass is 293 g/mol. The van der Waals surface area contributed by atoms with Gasteiger partial charge in [0, 0.05) is 36.1 Å². The number of thioether (sulfide) groups is 2. The molecule has 1 unspecified atom stereocenters. The third-order valence-corrected chi connectivity index (χ3v) is 6.26. The zero-order valence-corrected chi connectivity index (χ0v) is 12.8. The van der Waals surface area contributed by atoms with Crippen LogP contribution < -0.4 is 5.32 Å². The van der Waals surface area contributed by atoms with Gasteiger partial charge in [-0.05, 0) is 12.1 Å². The Kier molecular flexibility index (Phi) is 4.35. The third-order valence-electron chi connectivity index (χ3n) is 3.42. The maximum Gasteiger partial charge on any atom is 0.123 e. The van der Waals surface area contributed by atoms with Gasteiger partial charge in [0.25, 0.3) is 0 Å². The number of hydrogen-bond donors (Lipinski definition) is 1. The number of hydrogen-bond acceptors (Lipinski definition) is 4. The van der Waals surface area contributed by atoms with E-state index < -0.39 is 0 Å². The van der Waals surface area contributed by atoms with Gasteiger partial charge < -0.3 is 9.88 Å². The van der Waals surface area contributed by atoms with Crippen LogP contribution in [-0.4, -0.2) is 38.6 Å². The van der Waals surface area contributed by atoms with E-state index in [1.54, 1.807) is 0 Å². The van der Waals surface area contributed by atoms with Gasteiger partial charge in [-0.3, -0.25) is 0 Å². The van der Waals surface area contributed by atoms with E-state index in [9.17, 15) is 0 Å². The van der Waals surface area contributed by atoms with E-state index in [2.05, 4.69) is 63.6 Å². The van der Waals surface area contributed by atoms with Crippen molar-refractivity contribution in [2.75, 3.05) is 23.8 Å². The van der Waals surface area contributed by atoms with E-state index in [1.807, 2.05) is 6.07 Å². The third kappa shape index (κ3) is 3.09. The Bertz CT molecular complexity index is 547. The van der Waals surface area contributed by atoms with Crippen molar-refractivity contribution < 1.29 is 0 Å². The highest BCUT2D eigenvalue weighted by atomic mass is 32.2. The summed E-state index contributed by atoms with van der Waals surface area (Å²) in [5.74, 6) is 5.00. The maximum atomic E-state index is 4.68. The highest BCUT2D eigenvalue weighted by Crippen LogP contribution is 2.23. The fourth-order valence-electron chi connectivity index (χ4n) is 2.35. The molecule has 1 aliphatic heterocycles. The van der Waals surface area contributed by atoms with Crippen LogP contribution >= 0.6 is 23.5 Å². The second-order valence-electron chi connectivity index (χ2n) is 4.77. The van der Waals surface area contributed by atoms with E-state index in [0.29, 0.717) is 0 Å². The Morgan fingerprint density at radius 3 is 3.05 bits per heavy atom. The van der Waals surface area contributed by atoms with Crippen LogP contribution in [0.1, 0.15) is 5.82 Å². The van der Waals surface area contributed by atoms with Crippen molar-refractivity contribution in [3.8, 4) is 0 Å². The predicted octanol–water partition coefficient (Wildman–Crippen LogP) is 2.51. The molecule has 2 heterocycles. The molecule has 0 spiro atoms. The van der Waals surface area contributed by atoms with E-state index in [0.717, 1.165) is 29.7 Å². The summed E-state index contributed by atoms with van der Waals surface area (Å²) in [5.41, 5.74) is 2.30. The minimum Gasteiger partial charge on any atom is -0.330 e. The Hall–Kier alpha value is -0.650. The van der Waals surface area contributed by atoms with Gasteiger partial charge >= 0.3 is 0 Å². The van der Waals surface area contributed by atoms with Gasteiger partial charge in [-0.1, -0.05) is 12.1 Å². The van der Waals surface area contributed by atoms with Crippen molar-refractivity contribution >= 4 is 34.6 Å². The topological polar surface area (TPSA) is 29.9 Å². The molecule has 1 N–H and O–H groups in total. The first-order valence-corrected chi connectivity index (χ1v) is 8.85. The molecule has 1 aliphatic rings. The summed E-state index contributed by atoms with van der Waals surface area (Å²) in [6.45, 7) is 1.94. The maximum absolute atomic E-state index is 4.68. The summed E-state index contributed by atoms with van der Waals surface area (Å²) >= 11 is 4.17. The number of rotatable bonds is 4. The van der Waals surface area contributed by atoms with E-state index >= 15 is 0 Å². The molecule has 5 heteroatoms. The van der Waals surface area contributed by atoms with Crippen LogP contribution in [0.4, 0.5) is 0 Å². The number of nitrogens with zero attached hydrogens (tertiary/aromatic N) is 2. The number of fused-ring (bicyclic) bond motifs is 1. The average molecular weight is 293 g/mol. The molecule has 102 valence electrons. The van der Waals surface area contributed by atoms with E-state index in [-0.39, 0.29) is 0 Å². The van der Waals surface area contributed by atoms with Gasteiger partial charge in [-0.2, -0.15) is 23.5 Å². The van der Waals surface area contributed by atoms with Crippen LogP contribution in [0.25, 0.3) is 11.0 Å². The lowest BCUT2D eigenvalue weighted by atomic mass is 10.3. The molecule has 3 rings (SSSR count). The molecule has 1 saturated heterocycles. The molecule has 1 fully saturated rings. The summed E-state index contributed by atoms with van der Waals surface area (Å²) < 4.78 is 2.19. The van der Waals surface area contributed by atoms with Crippen LogP contribution in [-0.2, 0) is 13.6 Å². The fraction of sp³-hybridized carbons (Fsp3) is 0.500. The minimum absolute atomic E-state index is 0.758. The molecule has 2 aromatic rings. The molecule has 1 aromatic heterocycles. The standard InChI is InChI=1S/C14H19N3S2/c1-17-13-5-3-2-4-12(13)16-14(17)9-15-8-11-10-18-6-7-19-11/h2-5,11,15H,6-10H2,1H3. The minimum atomic E-state index is 0.758. The zero-order chi connectivity index (χ0) is 13.1. The van der Waals surface area contributed by atoms with Crippen LogP contribution in [0.15, 0.2) is 24.3 Å². The first kappa shape index (κ1) is 13.3. The first-order chi connectivity index (χ1) is 9.34. The molecule has 0 bridgehead atoms. The zero-order valence-electron chi connectivity index (χ0n) is 11.1. The van der Waals surface area contributed by atoms with Crippen LogP contribution in [0.5, 0.6) is 0 Å². The number of para-hydroxylation sites is 2. The normalized spacial score (nSPS) is 19.9. The van der Waals surface area contributed by atoms with Gasteiger partial charge in [-0.25, -0.2) is 4.98 Å². The second kappa shape index (κ2) is 6.20. The lowest BCUT2D eigenvalue weighted by molar-refractivity contribution is 0.642. The Morgan fingerprint density at radius 1 is 1.37 bits per heavy atom. The van der Waals surface area contributed by atoms with Crippen molar-refractivity contribution in [1.29, 1.82) is 0 Å². The van der Waals surface area contributed by atoms with E-state index in [1.165, 1.54) is 22.8 Å². The Labute approximate surface area is 122 Å². The lowest BCUT2D eigenvalue weighted by Gasteiger charge is -2.21. The molecule has 0 radical (unpaired) electrons. The summed E-state index contributed by atoms with van der Waals surface area (Å²) in [4.78, 5) is 4.68. The molecule has 19 heavy (non-hydrogen) atoms. The highest BCUT2D eigenvalue weighted by Gasteiger charge is 2.14. The van der Waals surface area contributed by atoms with Gasteiger partial charge in [0.05, 0.1) is 17.6 Å². The van der Waals surface area contributed by atoms with Crippen molar-refractivity contribution in [2.45, 2.75) is 11.8 Å². The molecular weight excluding hydrogens is 274 g/mol. The van der Waals surface area contributed by atoms with Crippen molar-refractivity contribution in [2.24, 2.45) is 7.05 Å². The van der Waals surface area contributed by atoms with Crippen LogP contribution in [0.2, 0.25) is 0 Å². The molecule has 3 nitrogen and oxygen atoms in total. The van der Waals surface area contributed by atoms with Gasteiger partial charge in [-0.15, -0.1) is 0 Å². The van der Waals surface area contributed by atoms with Crippen LogP contribution in [0, 0.1) is 0 Å². The molecule has 0 amide bonds. The molecule has 0 saturated carbocycles. The number of nitrogens with one attached hydrogen (secondary N) is 1. The molecular formula is C14H19N3S2. The molecule has 0 aliphatic carbocycles. The summed E-state index contributed by atoms with van der Waals surface area (Å²) in [5, 5.41) is 4.31. The van der Waals surface area contributed by atoms with Crippen molar-refractivity contribution in [3.05, 3.63) is 30.1 Å². The summed E-state index contributed by atoms with van der Waals surface area (Å²) in [6.07, 6.45) is 0. The Morgan fingerprint density at radius 2 is 2.26 bits per heavy atom. The highest BCUT2D eigenvalue weighted by molar-refractivity contribution is 8.06. The van der Waals surface area contributed by atoms with Gasteiger partial charge in [0.2, 0.25) is 0 Å². The molecule has 1 atom stereocenters. The quantitative estimate of drug-likeness (QED) is 0.938. The Balaban J connectivity index is 1.60. The second-order valence-corrected chi connectivity index (χ2v) is 7.33. The van der Waals surface area contributed by atoms with Crippen molar-refractivity contribution in [3.63, 3.8) is 0 Å². The summed E-state index contributed by atoms with van der Waals surface area (Å²) in [6, 6.07) is 8.31. The summed E-state index contributed by atoms with van der Waals surface area (Å²) in [7, 11) is 2.09. The van der Waals surface area contributed by atoms with Crippen LogP contribution in [0.3, 0.4) is 0 Å². The number of imidazole rings is 1.